The van der Waals surface area contributed by atoms with Crippen molar-refractivity contribution in [2.45, 2.75) is 38.7 Å². The van der Waals surface area contributed by atoms with Gasteiger partial charge in [0.2, 0.25) is 0 Å². The Balaban J connectivity index is 1.73. The van der Waals surface area contributed by atoms with Crippen molar-refractivity contribution < 1.29 is 18.0 Å². The Morgan fingerprint density at radius 1 is 1.33 bits per heavy atom. The van der Waals surface area contributed by atoms with Gasteiger partial charge < -0.3 is 4.90 Å². The molecule has 13 heteroatoms. The SMILES string of the molecule is C[C@@H]1Cc2c(c(C=O)nn2Cc2ccccc2C(F)(F)F)CN1c1cnn(PI)c(=O)c1Cl. The molecule has 0 aliphatic carbocycles. The van der Waals surface area contributed by atoms with Crippen LogP contribution >= 0.6 is 40.0 Å². The molecule has 3 heterocycles. The molecule has 1 aromatic carbocycles. The summed E-state index contributed by atoms with van der Waals surface area (Å²) in [7, 11) is 0. The van der Waals surface area contributed by atoms with Crippen LogP contribution < -0.4 is 10.5 Å². The fourth-order valence-electron chi connectivity index (χ4n) is 4.00. The predicted molar refractivity (Wildman–Crippen MR) is 129 cm³/mol. The number of fused-ring (bicyclic) bond motifs is 1. The maximum atomic E-state index is 13.4. The molecule has 33 heavy (non-hydrogen) atoms. The lowest BCUT2D eigenvalue weighted by Crippen LogP contribution is -2.40. The molecule has 0 saturated heterocycles. The van der Waals surface area contributed by atoms with E-state index in [1.54, 1.807) is 6.07 Å². The molecule has 1 aliphatic rings. The van der Waals surface area contributed by atoms with Crippen LogP contribution in [0.4, 0.5) is 18.9 Å². The lowest BCUT2D eigenvalue weighted by Gasteiger charge is -2.36. The Morgan fingerprint density at radius 3 is 2.73 bits per heavy atom. The van der Waals surface area contributed by atoms with Gasteiger partial charge in [-0.2, -0.15) is 23.4 Å². The summed E-state index contributed by atoms with van der Waals surface area (Å²) in [6, 6.07) is 5.15. The number of aldehydes is 1. The zero-order chi connectivity index (χ0) is 23.9. The number of halogens is 5. The molecule has 4 rings (SSSR count). The van der Waals surface area contributed by atoms with Crippen LogP contribution in [0.5, 0.6) is 0 Å². The summed E-state index contributed by atoms with van der Waals surface area (Å²) >= 11 is 8.37. The predicted octanol–water partition coefficient (Wildman–Crippen LogP) is 4.72. The average Bonchev–Trinajstić information content (AvgIpc) is 3.11. The molecule has 174 valence electrons. The summed E-state index contributed by atoms with van der Waals surface area (Å²) in [5.74, 6) is 0. The zero-order valence-electron chi connectivity index (χ0n) is 17.1. The van der Waals surface area contributed by atoms with Gasteiger partial charge >= 0.3 is 6.18 Å². The van der Waals surface area contributed by atoms with E-state index in [4.69, 9.17) is 11.6 Å². The van der Waals surface area contributed by atoms with Gasteiger partial charge in [0, 0.05) is 30.3 Å². The molecule has 1 aliphatic heterocycles. The van der Waals surface area contributed by atoms with Crippen LogP contribution in [0.25, 0.3) is 0 Å². The second-order valence-corrected chi connectivity index (χ2v) is 9.99. The van der Waals surface area contributed by atoms with Gasteiger partial charge in [0.05, 0.1) is 30.4 Å². The summed E-state index contributed by atoms with van der Waals surface area (Å²) in [6.45, 7) is 2.02. The molecule has 2 aromatic heterocycles. The smallest absolute Gasteiger partial charge is 0.361 e. The molecule has 7 nitrogen and oxygen atoms in total. The zero-order valence-corrected chi connectivity index (χ0v) is 21.0. The Morgan fingerprint density at radius 2 is 2.06 bits per heavy atom. The topological polar surface area (TPSA) is 73.0 Å². The van der Waals surface area contributed by atoms with E-state index in [9.17, 15) is 22.8 Å². The van der Waals surface area contributed by atoms with Crippen LogP contribution in [0.2, 0.25) is 5.02 Å². The number of nitrogens with zero attached hydrogens (tertiary/aromatic N) is 5. The Hall–Kier alpha value is -1.98. The third-order valence-electron chi connectivity index (χ3n) is 5.59. The normalized spacial score (nSPS) is 16.4. The van der Waals surface area contributed by atoms with Crippen molar-refractivity contribution in [1.29, 1.82) is 0 Å². The third kappa shape index (κ3) is 4.54. The molecule has 0 amide bonds. The number of anilines is 1. The first-order chi connectivity index (χ1) is 15.7. The Labute approximate surface area is 206 Å². The van der Waals surface area contributed by atoms with Gasteiger partial charge in [0.25, 0.3) is 5.56 Å². The first-order valence-electron chi connectivity index (χ1n) is 9.75. The van der Waals surface area contributed by atoms with Crippen molar-refractivity contribution in [1.82, 2.24) is 19.3 Å². The second kappa shape index (κ2) is 9.34. The fraction of sp³-hybridized carbons (Fsp3) is 0.300. The molecule has 0 N–H and O–H groups in total. The Bertz CT molecular complexity index is 1280. The summed E-state index contributed by atoms with van der Waals surface area (Å²) in [4.78, 5) is 26.0. The van der Waals surface area contributed by atoms with E-state index in [-0.39, 0.29) is 41.8 Å². The van der Waals surface area contributed by atoms with Crippen LogP contribution in [0.1, 0.15) is 39.8 Å². The molecule has 2 atom stereocenters. The monoisotopic (exact) mass is 609 g/mol. The van der Waals surface area contributed by atoms with E-state index in [0.29, 0.717) is 29.7 Å². The molecule has 0 radical (unpaired) electrons. The number of hydrogen-bond donors (Lipinski definition) is 0. The number of rotatable bonds is 5. The van der Waals surface area contributed by atoms with Crippen LogP contribution in [0.15, 0.2) is 35.3 Å². The molecule has 0 bridgehead atoms. The van der Waals surface area contributed by atoms with Gasteiger partial charge in [-0.3, -0.25) is 14.3 Å². The first kappa shape index (κ1) is 24.2. The maximum Gasteiger partial charge on any atom is 0.416 e. The number of hydrogen-bond acceptors (Lipinski definition) is 5. The summed E-state index contributed by atoms with van der Waals surface area (Å²) in [5, 5.41) is 8.48. The number of carbonyl (C=O) groups is 1. The minimum absolute atomic E-state index is 0.0311. The summed E-state index contributed by atoms with van der Waals surface area (Å²) in [5.41, 5.74) is 0.804. The van der Waals surface area contributed by atoms with Crippen molar-refractivity contribution >= 4 is 52.0 Å². The van der Waals surface area contributed by atoms with Crippen LogP contribution in [-0.4, -0.2) is 31.7 Å². The largest absolute Gasteiger partial charge is 0.416 e. The van der Waals surface area contributed by atoms with Gasteiger partial charge in [0.1, 0.15) is 10.7 Å². The maximum absolute atomic E-state index is 13.4. The van der Waals surface area contributed by atoms with Gasteiger partial charge in [-0.05, 0) is 40.6 Å². The first-order valence-corrected chi connectivity index (χ1v) is 14.2. The van der Waals surface area contributed by atoms with E-state index in [2.05, 4.69) is 10.2 Å². The molecule has 3 aromatic rings. The number of benzene rings is 1. The highest BCUT2D eigenvalue weighted by atomic mass is 127. The molecule has 0 saturated carbocycles. The Kier molecular flexibility index (Phi) is 6.84. The summed E-state index contributed by atoms with van der Waals surface area (Å²) < 4.78 is 43.1. The van der Waals surface area contributed by atoms with Crippen molar-refractivity contribution in [3.05, 3.63) is 73.9 Å². The van der Waals surface area contributed by atoms with Crippen LogP contribution in [0.3, 0.4) is 0 Å². The van der Waals surface area contributed by atoms with Crippen molar-refractivity contribution in [3.63, 3.8) is 0 Å². The quantitative estimate of drug-likeness (QED) is 0.238. The molecular formula is C20H17ClF3IN5O2P. The van der Waals surface area contributed by atoms with E-state index >= 15 is 0 Å². The highest BCUT2D eigenvalue weighted by molar-refractivity contribution is 14.2. The van der Waals surface area contributed by atoms with Crippen LogP contribution in [0, 0.1) is 0 Å². The van der Waals surface area contributed by atoms with E-state index in [1.165, 1.54) is 27.5 Å². The second-order valence-electron chi connectivity index (χ2n) is 7.57. The molecule has 0 fully saturated rings. The van der Waals surface area contributed by atoms with E-state index < -0.39 is 17.3 Å². The van der Waals surface area contributed by atoms with Gasteiger partial charge in [-0.1, -0.05) is 29.8 Å². The average molecular weight is 610 g/mol. The highest BCUT2D eigenvalue weighted by Crippen LogP contribution is 2.35. The van der Waals surface area contributed by atoms with Gasteiger partial charge in [0.15, 0.2) is 6.29 Å². The van der Waals surface area contributed by atoms with Crippen molar-refractivity contribution in [2.75, 3.05) is 4.90 Å². The number of carbonyl (C=O) groups excluding carboxylic acids is 1. The minimum Gasteiger partial charge on any atom is -0.361 e. The summed E-state index contributed by atoms with van der Waals surface area (Å²) in [6.07, 6.45) is -1.89. The lowest BCUT2D eigenvalue weighted by atomic mass is 9.98. The third-order valence-corrected chi connectivity index (χ3v) is 7.80. The van der Waals surface area contributed by atoms with Crippen molar-refractivity contribution in [2.24, 2.45) is 0 Å². The van der Waals surface area contributed by atoms with Crippen LogP contribution in [-0.2, 0) is 25.7 Å². The number of alkyl halides is 3. The van der Waals surface area contributed by atoms with E-state index in [0.717, 1.165) is 6.07 Å². The van der Waals surface area contributed by atoms with Crippen molar-refractivity contribution in [3.8, 4) is 0 Å². The fourth-order valence-corrected chi connectivity index (χ4v) is 5.63. The molecular weight excluding hydrogens is 593 g/mol. The lowest BCUT2D eigenvalue weighted by molar-refractivity contribution is -0.138. The van der Waals surface area contributed by atoms with Gasteiger partial charge in [-0.15, -0.1) is 0 Å². The highest BCUT2D eigenvalue weighted by Gasteiger charge is 2.35. The standard InChI is InChI=1S/C20H17ClF3IN5O2P/c1-11-6-16-13(9-28(11)17-7-26-30(33-25)19(32)18(17)21)15(10-31)27-29(16)8-12-4-2-3-5-14(12)20(22,23)24/h2-5,7,10-11,33H,6,8-9H2,1H3/t11-/m1/s1. The molecule has 0 spiro atoms. The molecule has 1 unspecified atom stereocenters. The van der Waals surface area contributed by atoms with E-state index in [1.807, 2.05) is 33.9 Å². The minimum atomic E-state index is -4.50. The number of aromatic nitrogens is 4. The van der Waals surface area contributed by atoms with Gasteiger partial charge in [-0.25, -0.2) is 4.45 Å².